The molecule has 0 saturated carbocycles. The van der Waals surface area contributed by atoms with Gasteiger partial charge in [-0.2, -0.15) is 0 Å². The molecule has 0 fully saturated rings. The van der Waals surface area contributed by atoms with Gasteiger partial charge in [-0.25, -0.2) is 0 Å². The van der Waals surface area contributed by atoms with Gasteiger partial charge in [0.05, 0.1) is 0 Å². The smallest absolute Gasteiger partial charge is 0.0373 e. The first-order chi connectivity index (χ1) is 4.47. The molecule has 2 nitrogen and oxygen atoms in total. The zero-order chi connectivity index (χ0) is 6.10. The highest BCUT2D eigenvalue weighted by molar-refractivity contribution is 7.17. The SMILES string of the molecule is O.c1cc2sccc2cn1. The van der Waals surface area contributed by atoms with Crippen LogP contribution in [0.2, 0.25) is 0 Å². The molecule has 52 valence electrons. The summed E-state index contributed by atoms with van der Waals surface area (Å²) in [6.07, 6.45) is 3.70. The molecule has 2 N–H and O–H groups in total. The van der Waals surface area contributed by atoms with Crippen molar-refractivity contribution in [3.05, 3.63) is 29.9 Å². The lowest BCUT2D eigenvalue weighted by Crippen LogP contribution is -1.64. The Bertz CT molecular complexity index is 288. The molecule has 0 aliphatic heterocycles. The fourth-order valence-electron chi connectivity index (χ4n) is 0.807. The Balaban J connectivity index is 0.000000500. The number of thiophene rings is 1. The zero-order valence-electron chi connectivity index (χ0n) is 5.24. The predicted octanol–water partition coefficient (Wildman–Crippen LogP) is 1.47. The van der Waals surface area contributed by atoms with Crippen LogP contribution in [0.1, 0.15) is 0 Å². The summed E-state index contributed by atoms with van der Waals surface area (Å²) >= 11 is 1.75. The van der Waals surface area contributed by atoms with E-state index >= 15 is 0 Å². The lowest BCUT2D eigenvalue weighted by atomic mass is 10.4. The van der Waals surface area contributed by atoms with Crippen molar-refractivity contribution >= 4 is 21.4 Å². The minimum absolute atomic E-state index is 0. The number of pyridine rings is 1. The third kappa shape index (κ3) is 1.01. The number of hydrogen-bond donors (Lipinski definition) is 0. The van der Waals surface area contributed by atoms with Gasteiger partial charge in [0.25, 0.3) is 0 Å². The van der Waals surface area contributed by atoms with Gasteiger partial charge in [0, 0.05) is 22.5 Å². The third-order valence-electron chi connectivity index (χ3n) is 1.25. The van der Waals surface area contributed by atoms with Gasteiger partial charge in [0.1, 0.15) is 0 Å². The van der Waals surface area contributed by atoms with Gasteiger partial charge in [0.2, 0.25) is 0 Å². The second kappa shape index (κ2) is 2.77. The summed E-state index contributed by atoms with van der Waals surface area (Å²) in [4.78, 5) is 3.99. The average molecular weight is 153 g/mol. The fraction of sp³-hybridized carbons (Fsp3) is 0. The van der Waals surface area contributed by atoms with E-state index in [-0.39, 0.29) is 5.48 Å². The fourth-order valence-corrected chi connectivity index (χ4v) is 1.56. The Morgan fingerprint density at radius 2 is 2.20 bits per heavy atom. The molecule has 10 heavy (non-hydrogen) atoms. The highest BCUT2D eigenvalue weighted by atomic mass is 32.1. The molecule has 0 saturated heterocycles. The first kappa shape index (κ1) is 7.18. The van der Waals surface area contributed by atoms with Gasteiger partial charge in [-0.1, -0.05) is 0 Å². The molecule has 0 unspecified atom stereocenters. The van der Waals surface area contributed by atoms with Crippen LogP contribution in [0.5, 0.6) is 0 Å². The number of fused-ring (bicyclic) bond motifs is 1. The molecule has 0 aliphatic carbocycles. The van der Waals surface area contributed by atoms with E-state index in [9.17, 15) is 0 Å². The molecular weight excluding hydrogens is 146 g/mol. The van der Waals surface area contributed by atoms with Crippen LogP contribution in [-0.4, -0.2) is 10.5 Å². The Kier molecular flexibility index (Phi) is 1.99. The molecule has 0 amide bonds. The van der Waals surface area contributed by atoms with Crippen LogP contribution < -0.4 is 0 Å². The van der Waals surface area contributed by atoms with Crippen molar-refractivity contribution in [2.75, 3.05) is 0 Å². The predicted molar refractivity (Wildman–Crippen MR) is 43.2 cm³/mol. The molecule has 2 rings (SSSR count). The maximum absolute atomic E-state index is 3.99. The molecule has 3 heteroatoms. The molecule has 2 heterocycles. The van der Waals surface area contributed by atoms with Crippen molar-refractivity contribution in [2.45, 2.75) is 0 Å². The van der Waals surface area contributed by atoms with Gasteiger partial charge in [-0.3, -0.25) is 4.98 Å². The van der Waals surface area contributed by atoms with E-state index < -0.39 is 0 Å². The summed E-state index contributed by atoms with van der Waals surface area (Å²) in [5.74, 6) is 0. The van der Waals surface area contributed by atoms with Crippen molar-refractivity contribution in [1.29, 1.82) is 0 Å². The number of rotatable bonds is 0. The standard InChI is InChI=1S/C7H5NS.H2O/c1-3-8-5-6-2-4-9-7(1)6;/h1-5H;1H2. The molecule has 0 bridgehead atoms. The second-order valence-corrected chi connectivity index (χ2v) is 2.78. The van der Waals surface area contributed by atoms with E-state index in [1.807, 2.05) is 18.5 Å². The van der Waals surface area contributed by atoms with Crippen molar-refractivity contribution < 1.29 is 5.48 Å². The van der Waals surface area contributed by atoms with E-state index in [1.54, 1.807) is 11.3 Å². The molecule has 2 aromatic heterocycles. The molecule has 0 aromatic carbocycles. The first-order valence-electron chi connectivity index (χ1n) is 2.74. The number of hydrogen-bond acceptors (Lipinski definition) is 2. The quantitative estimate of drug-likeness (QED) is 0.565. The van der Waals surface area contributed by atoms with Gasteiger partial charge in [0.15, 0.2) is 0 Å². The van der Waals surface area contributed by atoms with Crippen molar-refractivity contribution in [3.8, 4) is 0 Å². The van der Waals surface area contributed by atoms with E-state index in [0.29, 0.717) is 0 Å². The largest absolute Gasteiger partial charge is 0.412 e. The monoisotopic (exact) mass is 153 g/mol. The Morgan fingerprint density at radius 3 is 3.00 bits per heavy atom. The summed E-state index contributed by atoms with van der Waals surface area (Å²) in [5, 5.41) is 3.31. The summed E-state index contributed by atoms with van der Waals surface area (Å²) in [6, 6.07) is 4.10. The molecule has 0 aliphatic rings. The maximum atomic E-state index is 3.99. The Labute approximate surface area is 62.5 Å². The van der Waals surface area contributed by atoms with E-state index in [4.69, 9.17) is 0 Å². The van der Waals surface area contributed by atoms with E-state index in [1.165, 1.54) is 10.1 Å². The van der Waals surface area contributed by atoms with Crippen molar-refractivity contribution in [3.63, 3.8) is 0 Å². The maximum Gasteiger partial charge on any atom is 0.0373 e. The third-order valence-corrected chi connectivity index (χ3v) is 2.15. The van der Waals surface area contributed by atoms with Crippen LogP contribution in [0.15, 0.2) is 29.9 Å². The number of aromatic nitrogens is 1. The van der Waals surface area contributed by atoms with Gasteiger partial charge in [-0.05, 0) is 17.5 Å². The highest BCUT2D eigenvalue weighted by Gasteiger charge is 1.88. The van der Waals surface area contributed by atoms with Gasteiger partial charge >= 0.3 is 0 Å². The molecule has 0 spiro atoms. The van der Waals surface area contributed by atoms with Crippen LogP contribution in [0.4, 0.5) is 0 Å². The average Bonchev–Trinajstić information content (AvgIpc) is 2.33. The molecule has 0 radical (unpaired) electrons. The minimum atomic E-state index is 0. The van der Waals surface area contributed by atoms with E-state index in [0.717, 1.165) is 0 Å². The van der Waals surface area contributed by atoms with Crippen LogP contribution >= 0.6 is 11.3 Å². The molecular formula is C7H7NOS. The lowest BCUT2D eigenvalue weighted by molar-refractivity contribution is 0.824. The van der Waals surface area contributed by atoms with Gasteiger partial charge in [-0.15, -0.1) is 11.3 Å². The normalized spacial score (nSPS) is 9.20. The topological polar surface area (TPSA) is 44.4 Å². The summed E-state index contributed by atoms with van der Waals surface area (Å²) in [5.41, 5.74) is 0. The molecule has 0 atom stereocenters. The van der Waals surface area contributed by atoms with Crippen LogP contribution in [0.25, 0.3) is 10.1 Å². The summed E-state index contributed by atoms with van der Waals surface area (Å²) < 4.78 is 1.31. The summed E-state index contributed by atoms with van der Waals surface area (Å²) in [7, 11) is 0. The van der Waals surface area contributed by atoms with Crippen LogP contribution in [0.3, 0.4) is 0 Å². The zero-order valence-corrected chi connectivity index (χ0v) is 6.06. The van der Waals surface area contributed by atoms with E-state index in [2.05, 4.69) is 16.4 Å². The van der Waals surface area contributed by atoms with Crippen LogP contribution in [-0.2, 0) is 0 Å². The Morgan fingerprint density at radius 1 is 1.30 bits per heavy atom. The first-order valence-corrected chi connectivity index (χ1v) is 3.62. The summed E-state index contributed by atoms with van der Waals surface area (Å²) in [6.45, 7) is 0. The van der Waals surface area contributed by atoms with Crippen LogP contribution in [0, 0.1) is 0 Å². The lowest BCUT2D eigenvalue weighted by Gasteiger charge is -1.81. The Hall–Kier alpha value is -0.930. The van der Waals surface area contributed by atoms with Crippen molar-refractivity contribution in [1.82, 2.24) is 4.98 Å². The minimum Gasteiger partial charge on any atom is -0.412 e. The number of nitrogens with zero attached hydrogens (tertiary/aromatic N) is 1. The van der Waals surface area contributed by atoms with Crippen molar-refractivity contribution in [2.24, 2.45) is 0 Å². The van der Waals surface area contributed by atoms with Gasteiger partial charge < -0.3 is 5.48 Å². The second-order valence-electron chi connectivity index (χ2n) is 1.83. The molecule has 2 aromatic rings. The highest BCUT2D eigenvalue weighted by Crippen LogP contribution is 2.17.